The predicted molar refractivity (Wildman–Crippen MR) is 82.8 cm³/mol. The summed E-state index contributed by atoms with van der Waals surface area (Å²) in [5.74, 6) is 0.774. The minimum atomic E-state index is -0.737. The van der Waals surface area contributed by atoms with Crippen LogP contribution in [0.5, 0.6) is 0 Å². The van der Waals surface area contributed by atoms with E-state index >= 15 is 0 Å². The number of aliphatic hydroxyl groups excluding tert-OH is 2. The van der Waals surface area contributed by atoms with Crippen LogP contribution in [0.2, 0.25) is 5.32 Å². The number of rotatable bonds is 3. The van der Waals surface area contributed by atoms with Gasteiger partial charge in [0.1, 0.15) is 0 Å². The van der Waals surface area contributed by atoms with E-state index in [0.29, 0.717) is 11.4 Å². The average Bonchev–Trinajstić information content (AvgIpc) is 3.23. The molecule has 0 aromatic carbocycles. The van der Waals surface area contributed by atoms with Gasteiger partial charge in [-0.15, -0.1) is 0 Å². The van der Waals surface area contributed by atoms with Gasteiger partial charge in [0.25, 0.3) is 0 Å². The molecule has 8 heteroatoms. The Kier molecular flexibility index (Phi) is 3.77. The number of nitrogens with zero attached hydrogens (tertiary/aromatic N) is 4. The van der Waals surface area contributed by atoms with Crippen LogP contribution in [0, 0.1) is 0 Å². The van der Waals surface area contributed by atoms with Crippen molar-refractivity contribution in [1.82, 2.24) is 19.5 Å². The van der Waals surface area contributed by atoms with Crippen LogP contribution in [0.15, 0.2) is 12.7 Å². The van der Waals surface area contributed by atoms with Crippen molar-refractivity contribution in [1.29, 1.82) is 0 Å². The van der Waals surface area contributed by atoms with Crippen LogP contribution in [0.4, 0.5) is 5.82 Å². The molecule has 0 amide bonds. The molecular formula is C14H19N5O2Se. The van der Waals surface area contributed by atoms with Crippen LogP contribution >= 0.6 is 0 Å². The summed E-state index contributed by atoms with van der Waals surface area (Å²) in [6.07, 6.45) is 6.74. The summed E-state index contributed by atoms with van der Waals surface area (Å²) in [5, 5.41) is 24.1. The molecule has 1 aliphatic heterocycles. The van der Waals surface area contributed by atoms with E-state index in [1.165, 1.54) is 25.7 Å². The first-order chi connectivity index (χ1) is 10.7. The van der Waals surface area contributed by atoms with Crippen LogP contribution in [-0.2, 0) is 0 Å². The van der Waals surface area contributed by atoms with E-state index in [0.717, 1.165) is 17.0 Å². The van der Waals surface area contributed by atoms with Crippen molar-refractivity contribution in [3.8, 4) is 0 Å². The minimum absolute atomic E-state index is 0.110. The molecule has 0 spiro atoms. The van der Waals surface area contributed by atoms with Gasteiger partial charge in [-0.2, -0.15) is 0 Å². The summed E-state index contributed by atoms with van der Waals surface area (Å²) in [7, 11) is 0. The number of nitrogens with one attached hydrogen (secondary N) is 1. The first kappa shape index (κ1) is 14.4. The Hall–Kier alpha value is -1.21. The summed E-state index contributed by atoms with van der Waals surface area (Å²) < 4.78 is 1.90. The molecule has 2 aliphatic rings. The number of anilines is 1. The van der Waals surface area contributed by atoms with Gasteiger partial charge in [-0.25, -0.2) is 0 Å². The van der Waals surface area contributed by atoms with E-state index in [2.05, 4.69) is 20.3 Å². The number of hydrogen-bond donors (Lipinski definition) is 3. The third-order valence-corrected chi connectivity index (χ3v) is 7.35. The van der Waals surface area contributed by atoms with Gasteiger partial charge in [0, 0.05) is 0 Å². The van der Waals surface area contributed by atoms with Crippen molar-refractivity contribution < 1.29 is 10.2 Å². The number of aliphatic hydroxyl groups is 2. The SMILES string of the molecule is O[C@@H]1[C@H](O)C[Se][C@H]1n1cnc2c(NC3CCCC3)ncnc21. The quantitative estimate of drug-likeness (QED) is 0.685. The van der Waals surface area contributed by atoms with Crippen molar-refractivity contribution in [2.45, 2.75) is 54.2 Å². The molecule has 3 N–H and O–H groups in total. The van der Waals surface area contributed by atoms with Crippen molar-refractivity contribution in [2.75, 3.05) is 5.32 Å². The molecule has 0 radical (unpaired) electrons. The number of aromatic nitrogens is 4. The van der Waals surface area contributed by atoms with E-state index in [9.17, 15) is 10.2 Å². The first-order valence-electron chi connectivity index (χ1n) is 7.66. The molecule has 0 unspecified atom stereocenters. The molecule has 7 nitrogen and oxygen atoms in total. The molecule has 4 rings (SSSR count). The van der Waals surface area contributed by atoms with Crippen LogP contribution in [-0.4, -0.2) is 62.9 Å². The molecule has 3 heterocycles. The standard InChI is InChI=1S/C14H19N5O2Se/c20-9-5-22-14(11(9)21)19-7-17-10-12(15-6-16-13(10)19)18-8-3-1-2-4-8/h6-9,11,14,20-21H,1-5H2,(H,15,16,18)/t9-,11-,14-/m1/s1. The van der Waals surface area contributed by atoms with Crippen molar-refractivity contribution >= 4 is 31.9 Å². The Balaban J connectivity index is 1.67. The molecule has 0 bridgehead atoms. The van der Waals surface area contributed by atoms with Gasteiger partial charge in [0.2, 0.25) is 0 Å². The third kappa shape index (κ3) is 2.40. The normalized spacial score (nSPS) is 29.5. The van der Waals surface area contributed by atoms with E-state index in [-0.39, 0.29) is 19.9 Å². The van der Waals surface area contributed by atoms with Crippen LogP contribution in [0.3, 0.4) is 0 Å². The monoisotopic (exact) mass is 369 g/mol. The van der Waals surface area contributed by atoms with Gasteiger partial charge < -0.3 is 0 Å². The van der Waals surface area contributed by atoms with Gasteiger partial charge in [0.05, 0.1) is 0 Å². The van der Waals surface area contributed by atoms with Crippen molar-refractivity contribution in [3.05, 3.63) is 12.7 Å². The predicted octanol–water partition coefficient (Wildman–Crippen LogP) is 0.537. The second kappa shape index (κ2) is 5.77. The average molecular weight is 368 g/mol. The summed E-state index contributed by atoms with van der Waals surface area (Å²) >= 11 is 0.135. The number of hydrogen-bond acceptors (Lipinski definition) is 6. The molecule has 22 heavy (non-hydrogen) atoms. The summed E-state index contributed by atoms with van der Waals surface area (Å²) in [6.45, 7) is 0. The fraction of sp³-hybridized carbons (Fsp3) is 0.643. The number of imidazole rings is 1. The molecule has 2 aromatic heterocycles. The van der Waals surface area contributed by atoms with Gasteiger partial charge in [-0.1, -0.05) is 0 Å². The molecule has 1 saturated carbocycles. The molecule has 118 valence electrons. The Bertz CT molecular complexity index is 672. The summed E-state index contributed by atoms with van der Waals surface area (Å²) in [6, 6.07) is 0.464. The topological polar surface area (TPSA) is 96.1 Å². The van der Waals surface area contributed by atoms with Crippen LogP contribution in [0.25, 0.3) is 11.2 Å². The molecule has 1 saturated heterocycles. The fourth-order valence-electron chi connectivity index (χ4n) is 3.24. The fourth-order valence-corrected chi connectivity index (χ4v) is 5.93. The van der Waals surface area contributed by atoms with E-state index in [1.54, 1.807) is 12.7 Å². The Morgan fingerprint density at radius 2 is 2.00 bits per heavy atom. The maximum absolute atomic E-state index is 10.1. The molecule has 1 aliphatic carbocycles. The van der Waals surface area contributed by atoms with Gasteiger partial charge >= 0.3 is 134 Å². The van der Waals surface area contributed by atoms with Crippen LogP contribution < -0.4 is 5.32 Å². The summed E-state index contributed by atoms with van der Waals surface area (Å²) in [5.41, 5.74) is 1.48. The zero-order chi connectivity index (χ0) is 15.1. The Morgan fingerprint density at radius 3 is 2.73 bits per heavy atom. The Labute approximate surface area is 134 Å². The second-order valence-corrected chi connectivity index (χ2v) is 8.37. The van der Waals surface area contributed by atoms with Crippen molar-refractivity contribution in [2.24, 2.45) is 0 Å². The zero-order valence-corrected chi connectivity index (χ0v) is 13.8. The third-order valence-electron chi connectivity index (χ3n) is 4.45. The first-order valence-corrected chi connectivity index (χ1v) is 9.86. The maximum atomic E-state index is 10.1. The second-order valence-electron chi connectivity index (χ2n) is 5.95. The Morgan fingerprint density at radius 1 is 1.18 bits per heavy atom. The molecular weight excluding hydrogens is 349 g/mol. The van der Waals surface area contributed by atoms with Gasteiger partial charge in [-0.05, 0) is 0 Å². The number of fused-ring (bicyclic) bond motifs is 1. The van der Waals surface area contributed by atoms with E-state index in [4.69, 9.17) is 0 Å². The van der Waals surface area contributed by atoms with Gasteiger partial charge in [0.15, 0.2) is 0 Å². The molecule has 3 atom stereocenters. The molecule has 2 aromatic rings. The van der Waals surface area contributed by atoms with Gasteiger partial charge in [-0.3, -0.25) is 0 Å². The summed E-state index contributed by atoms with van der Waals surface area (Å²) in [4.78, 5) is 13.0. The van der Waals surface area contributed by atoms with Crippen LogP contribution in [0.1, 0.15) is 30.6 Å². The molecule has 2 fully saturated rings. The van der Waals surface area contributed by atoms with E-state index in [1.807, 2.05) is 4.57 Å². The van der Waals surface area contributed by atoms with E-state index < -0.39 is 12.2 Å². The zero-order valence-electron chi connectivity index (χ0n) is 12.1. The van der Waals surface area contributed by atoms with Crippen molar-refractivity contribution in [3.63, 3.8) is 0 Å².